The summed E-state index contributed by atoms with van der Waals surface area (Å²) in [6.07, 6.45) is 11.6. The zero-order valence-corrected chi connectivity index (χ0v) is 20.7. The number of rotatable bonds is 9. The molecule has 0 N–H and O–H groups in total. The average Bonchev–Trinajstić information content (AvgIpc) is 3.59. The molecule has 2 aliphatic heterocycles. The van der Waals surface area contributed by atoms with Gasteiger partial charge < -0.3 is 14.5 Å². The topological polar surface area (TPSA) is 58.6 Å². The molecule has 0 spiro atoms. The number of carbonyl (C=O) groups is 1. The molecule has 0 radical (unpaired) electrons. The van der Waals surface area contributed by atoms with Crippen molar-refractivity contribution in [2.75, 3.05) is 37.7 Å². The number of anilines is 1. The van der Waals surface area contributed by atoms with Gasteiger partial charge in [0.15, 0.2) is 0 Å². The number of hydrogen-bond donors (Lipinski definition) is 0. The van der Waals surface area contributed by atoms with Crippen LogP contribution in [0.4, 0.5) is 5.95 Å². The van der Waals surface area contributed by atoms with Crippen LogP contribution in [0.1, 0.15) is 55.7 Å². The number of carbonyl (C=O) groups excluding carboxylic acids is 1. The summed E-state index contributed by atoms with van der Waals surface area (Å²) in [5.41, 5.74) is 3.46. The van der Waals surface area contributed by atoms with Crippen LogP contribution in [0.2, 0.25) is 0 Å². The molecule has 1 saturated carbocycles. The molecule has 3 fully saturated rings. The summed E-state index contributed by atoms with van der Waals surface area (Å²) >= 11 is 0. The number of piperidine rings is 1. The van der Waals surface area contributed by atoms with E-state index in [0.717, 1.165) is 92.6 Å². The van der Waals surface area contributed by atoms with Crippen molar-refractivity contribution in [2.45, 2.75) is 58.8 Å². The van der Waals surface area contributed by atoms with Crippen LogP contribution in [-0.2, 0) is 17.6 Å². The Kier molecular flexibility index (Phi) is 7.02. The molecule has 1 aliphatic carbocycles. The lowest BCUT2D eigenvalue weighted by atomic mass is 9.90. The number of nitrogens with zero attached hydrogens (tertiary/aromatic N) is 4. The molecule has 1 amide bonds. The predicted molar refractivity (Wildman–Crippen MR) is 134 cm³/mol. The van der Waals surface area contributed by atoms with Gasteiger partial charge in [-0.15, -0.1) is 0 Å². The normalized spacial score (nSPS) is 22.4. The minimum atomic E-state index is 0.246. The smallest absolute Gasteiger partial charge is 0.227 e. The van der Waals surface area contributed by atoms with E-state index in [1.54, 1.807) is 0 Å². The fraction of sp³-hybridized carbons (Fsp3) is 0.607. The van der Waals surface area contributed by atoms with E-state index in [1.165, 1.54) is 24.8 Å². The lowest BCUT2D eigenvalue weighted by molar-refractivity contribution is -0.133. The summed E-state index contributed by atoms with van der Waals surface area (Å²) < 4.78 is 6.09. The Labute approximate surface area is 203 Å². The second-order valence-corrected chi connectivity index (χ2v) is 10.4. The second-order valence-electron chi connectivity index (χ2n) is 10.4. The number of hydrogen-bond acceptors (Lipinski definition) is 5. The number of amides is 1. The fourth-order valence-electron chi connectivity index (χ4n) is 5.53. The van der Waals surface area contributed by atoms with Gasteiger partial charge in [0.2, 0.25) is 11.9 Å². The highest BCUT2D eigenvalue weighted by Gasteiger charge is 2.43. The van der Waals surface area contributed by atoms with Gasteiger partial charge >= 0.3 is 0 Å². The van der Waals surface area contributed by atoms with E-state index in [2.05, 4.69) is 40.8 Å². The van der Waals surface area contributed by atoms with Gasteiger partial charge in [-0.3, -0.25) is 4.79 Å². The summed E-state index contributed by atoms with van der Waals surface area (Å²) in [6, 6.07) is 6.18. The Morgan fingerprint density at radius 1 is 1.12 bits per heavy atom. The molecular weight excluding hydrogens is 424 g/mol. The van der Waals surface area contributed by atoms with Crippen molar-refractivity contribution in [1.82, 2.24) is 14.9 Å². The first-order chi connectivity index (χ1) is 16.6. The van der Waals surface area contributed by atoms with Crippen molar-refractivity contribution in [2.24, 2.45) is 17.8 Å². The number of aryl methyl sites for hydroxylation is 2. The van der Waals surface area contributed by atoms with E-state index in [-0.39, 0.29) is 5.91 Å². The second kappa shape index (κ2) is 10.3. The van der Waals surface area contributed by atoms with Crippen LogP contribution in [0, 0.1) is 24.7 Å². The Morgan fingerprint density at radius 2 is 1.88 bits per heavy atom. The van der Waals surface area contributed by atoms with Crippen molar-refractivity contribution < 1.29 is 9.53 Å². The highest BCUT2D eigenvalue weighted by Crippen LogP contribution is 2.49. The molecule has 34 heavy (non-hydrogen) atoms. The van der Waals surface area contributed by atoms with Crippen LogP contribution in [0.25, 0.3) is 0 Å². The first kappa shape index (κ1) is 23.1. The van der Waals surface area contributed by atoms with Gasteiger partial charge in [0, 0.05) is 38.6 Å². The number of likely N-dealkylation sites (tertiary alicyclic amines) is 1. The Hall–Kier alpha value is -2.63. The monoisotopic (exact) mass is 462 g/mol. The van der Waals surface area contributed by atoms with E-state index in [9.17, 15) is 4.79 Å². The minimum Gasteiger partial charge on any atom is -0.494 e. The van der Waals surface area contributed by atoms with E-state index < -0.39 is 0 Å². The van der Waals surface area contributed by atoms with Crippen molar-refractivity contribution in [1.29, 1.82) is 0 Å². The molecule has 2 atom stereocenters. The first-order valence-electron chi connectivity index (χ1n) is 13.2. The summed E-state index contributed by atoms with van der Waals surface area (Å²) in [6.45, 7) is 8.98. The summed E-state index contributed by atoms with van der Waals surface area (Å²) in [7, 11) is 0. The van der Waals surface area contributed by atoms with Crippen LogP contribution >= 0.6 is 0 Å². The minimum absolute atomic E-state index is 0.246. The summed E-state index contributed by atoms with van der Waals surface area (Å²) in [5.74, 6) is 4.58. The van der Waals surface area contributed by atoms with Crippen molar-refractivity contribution in [3.8, 4) is 5.75 Å². The molecular formula is C28H38N4O2. The molecule has 6 nitrogen and oxygen atoms in total. The largest absolute Gasteiger partial charge is 0.494 e. The molecule has 6 heteroatoms. The fourth-order valence-corrected chi connectivity index (χ4v) is 5.53. The Balaban J connectivity index is 1.02. The third kappa shape index (κ3) is 5.37. The lowest BCUT2D eigenvalue weighted by Crippen LogP contribution is -2.42. The van der Waals surface area contributed by atoms with Crippen molar-refractivity contribution >= 4 is 11.9 Å². The van der Waals surface area contributed by atoms with Crippen molar-refractivity contribution in [3.05, 3.63) is 47.3 Å². The molecule has 2 saturated heterocycles. The predicted octanol–water partition coefficient (Wildman–Crippen LogP) is 4.44. The van der Waals surface area contributed by atoms with Gasteiger partial charge in [-0.2, -0.15) is 0 Å². The highest BCUT2D eigenvalue weighted by molar-refractivity contribution is 5.79. The highest BCUT2D eigenvalue weighted by atomic mass is 16.5. The van der Waals surface area contributed by atoms with E-state index in [4.69, 9.17) is 4.74 Å². The number of benzene rings is 1. The summed E-state index contributed by atoms with van der Waals surface area (Å²) in [5, 5.41) is 0. The van der Waals surface area contributed by atoms with Crippen LogP contribution in [0.15, 0.2) is 30.6 Å². The lowest BCUT2D eigenvalue weighted by Gasteiger charge is -2.32. The van der Waals surface area contributed by atoms with Gasteiger partial charge in [0.25, 0.3) is 0 Å². The third-order valence-corrected chi connectivity index (χ3v) is 8.13. The first-order valence-corrected chi connectivity index (χ1v) is 13.2. The van der Waals surface area contributed by atoms with Gasteiger partial charge in [0.1, 0.15) is 5.75 Å². The average molecular weight is 463 g/mol. The zero-order chi connectivity index (χ0) is 23.5. The van der Waals surface area contributed by atoms with Crippen LogP contribution < -0.4 is 9.64 Å². The van der Waals surface area contributed by atoms with Gasteiger partial charge in [0.05, 0.1) is 13.0 Å². The van der Waals surface area contributed by atoms with E-state index >= 15 is 0 Å². The third-order valence-electron chi connectivity index (χ3n) is 8.13. The molecule has 5 rings (SSSR count). The SMILES string of the molecule is CCc1cnc(N2CCC([C@H]3CC3CCOc3ccc(CC(=O)N4CCC4)c(C)c3)CC2)nc1. The standard InChI is InChI=1S/C28H38N4O2/c1-3-21-18-29-28(30-19-21)32-12-7-22(8-13-32)26-16-24(26)9-14-34-25-6-5-23(20(2)15-25)17-27(33)31-10-4-11-31/h5-6,15,18-19,22,24,26H,3-4,7-14,16-17H2,1-2H3/t24?,26-/m1/s1. The maximum Gasteiger partial charge on any atom is 0.227 e. The molecule has 1 aromatic carbocycles. The van der Waals surface area contributed by atoms with Crippen LogP contribution in [0.3, 0.4) is 0 Å². The zero-order valence-electron chi connectivity index (χ0n) is 20.7. The van der Waals surface area contributed by atoms with Crippen LogP contribution in [0.5, 0.6) is 5.75 Å². The Morgan fingerprint density at radius 3 is 2.53 bits per heavy atom. The van der Waals surface area contributed by atoms with E-state index in [0.29, 0.717) is 6.42 Å². The number of ether oxygens (including phenoxy) is 1. The quantitative estimate of drug-likeness (QED) is 0.551. The number of aromatic nitrogens is 2. The maximum absolute atomic E-state index is 12.2. The molecule has 1 unspecified atom stereocenters. The van der Waals surface area contributed by atoms with Crippen molar-refractivity contribution in [3.63, 3.8) is 0 Å². The van der Waals surface area contributed by atoms with E-state index in [1.807, 2.05) is 23.4 Å². The molecule has 1 aromatic heterocycles. The molecule has 3 aliphatic rings. The van der Waals surface area contributed by atoms with Gasteiger partial charge in [-0.25, -0.2) is 9.97 Å². The Bertz CT molecular complexity index is 980. The summed E-state index contributed by atoms with van der Waals surface area (Å²) in [4.78, 5) is 25.7. The molecule has 182 valence electrons. The van der Waals surface area contributed by atoms with Gasteiger partial charge in [-0.1, -0.05) is 13.0 Å². The maximum atomic E-state index is 12.2. The molecule has 2 aromatic rings. The molecule has 0 bridgehead atoms. The van der Waals surface area contributed by atoms with Crippen LogP contribution in [-0.4, -0.2) is 53.6 Å². The molecule has 3 heterocycles. The van der Waals surface area contributed by atoms with Gasteiger partial charge in [-0.05, 0) is 92.0 Å².